The van der Waals surface area contributed by atoms with Crippen molar-refractivity contribution in [3.05, 3.63) is 57.3 Å². The summed E-state index contributed by atoms with van der Waals surface area (Å²) in [7, 11) is 3.15. The highest BCUT2D eigenvalue weighted by molar-refractivity contribution is 7.99. The van der Waals surface area contributed by atoms with Crippen LogP contribution in [0.3, 0.4) is 0 Å². The predicted molar refractivity (Wildman–Crippen MR) is 131 cm³/mol. The van der Waals surface area contributed by atoms with E-state index >= 15 is 0 Å². The van der Waals surface area contributed by atoms with Crippen LogP contribution in [0.2, 0.25) is 0 Å². The average molecular weight is 499 g/mol. The second kappa shape index (κ2) is 9.00. The molecule has 1 unspecified atom stereocenters. The Labute approximate surface area is 200 Å². The molecule has 8 nitrogen and oxygen atoms in total. The standard InChI is InChI=1S/C22H18N4O4S3/c1-11(18-23-19(27)17-13(10-32-21(17)24-18)16-5-4-8-31-16)33-22-26-25-20(30-22)12-6-7-14(28-2)15(9-12)29-3/h4-11H,1-3H3,(H,23,24,27). The Morgan fingerprint density at radius 3 is 2.73 bits per heavy atom. The van der Waals surface area contributed by atoms with Crippen LogP contribution in [0.1, 0.15) is 18.0 Å². The maximum absolute atomic E-state index is 12.9. The lowest BCUT2D eigenvalue weighted by atomic mass is 10.2. The maximum atomic E-state index is 12.9. The number of nitrogens with zero attached hydrogens (tertiary/aromatic N) is 3. The molecular formula is C22H18N4O4S3. The Bertz CT molecular complexity index is 1470. The van der Waals surface area contributed by atoms with Gasteiger partial charge in [-0.25, -0.2) is 4.98 Å². The molecule has 0 aliphatic heterocycles. The van der Waals surface area contributed by atoms with Gasteiger partial charge in [0.25, 0.3) is 10.8 Å². The van der Waals surface area contributed by atoms with Crippen molar-refractivity contribution in [1.29, 1.82) is 0 Å². The molecule has 0 fully saturated rings. The first-order chi connectivity index (χ1) is 16.1. The lowest BCUT2D eigenvalue weighted by Crippen LogP contribution is -2.12. The van der Waals surface area contributed by atoms with E-state index in [4.69, 9.17) is 18.9 Å². The van der Waals surface area contributed by atoms with E-state index in [-0.39, 0.29) is 10.8 Å². The number of rotatable bonds is 7. The zero-order chi connectivity index (χ0) is 22.9. The van der Waals surface area contributed by atoms with Crippen molar-refractivity contribution in [3.63, 3.8) is 0 Å². The number of nitrogens with one attached hydrogen (secondary N) is 1. The van der Waals surface area contributed by atoms with Gasteiger partial charge in [-0.3, -0.25) is 4.79 Å². The minimum atomic E-state index is -0.201. The van der Waals surface area contributed by atoms with Crippen molar-refractivity contribution in [1.82, 2.24) is 20.2 Å². The summed E-state index contributed by atoms with van der Waals surface area (Å²) in [6, 6.07) is 9.35. The van der Waals surface area contributed by atoms with Gasteiger partial charge in [0, 0.05) is 21.4 Å². The van der Waals surface area contributed by atoms with Gasteiger partial charge in [-0.15, -0.1) is 32.9 Å². The van der Waals surface area contributed by atoms with Gasteiger partial charge < -0.3 is 18.9 Å². The molecule has 33 heavy (non-hydrogen) atoms. The maximum Gasteiger partial charge on any atom is 0.277 e. The molecule has 1 aromatic carbocycles. The highest BCUT2D eigenvalue weighted by atomic mass is 32.2. The van der Waals surface area contributed by atoms with Crippen LogP contribution in [-0.2, 0) is 0 Å². The van der Waals surface area contributed by atoms with E-state index in [0.29, 0.717) is 44.2 Å². The summed E-state index contributed by atoms with van der Waals surface area (Å²) in [5.74, 6) is 2.11. The number of thiophene rings is 2. The quantitative estimate of drug-likeness (QED) is 0.288. The van der Waals surface area contributed by atoms with E-state index in [2.05, 4.69) is 15.2 Å². The Hall–Kier alpha value is -3.15. The lowest BCUT2D eigenvalue weighted by molar-refractivity contribution is 0.355. The third-order valence-electron chi connectivity index (χ3n) is 4.95. The van der Waals surface area contributed by atoms with E-state index in [1.807, 2.05) is 35.9 Å². The molecule has 0 aliphatic rings. The molecule has 4 aromatic heterocycles. The van der Waals surface area contributed by atoms with Crippen LogP contribution >= 0.6 is 34.4 Å². The highest BCUT2D eigenvalue weighted by Crippen LogP contribution is 2.38. The van der Waals surface area contributed by atoms with E-state index in [1.165, 1.54) is 23.1 Å². The molecule has 11 heteroatoms. The molecule has 0 radical (unpaired) electrons. The van der Waals surface area contributed by atoms with Crippen molar-refractivity contribution in [2.45, 2.75) is 17.4 Å². The van der Waals surface area contributed by atoms with Gasteiger partial charge in [0.15, 0.2) is 11.5 Å². The number of aromatic nitrogens is 4. The highest BCUT2D eigenvalue weighted by Gasteiger charge is 2.20. The number of H-pyrrole nitrogens is 1. The number of thioether (sulfide) groups is 1. The zero-order valence-corrected chi connectivity index (χ0v) is 20.3. The monoisotopic (exact) mass is 498 g/mol. The van der Waals surface area contributed by atoms with Crippen molar-refractivity contribution in [2.75, 3.05) is 14.2 Å². The summed E-state index contributed by atoms with van der Waals surface area (Å²) in [4.78, 5) is 22.3. The van der Waals surface area contributed by atoms with Crippen molar-refractivity contribution in [3.8, 4) is 33.4 Å². The van der Waals surface area contributed by atoms with Crippen LogP contribution in [0.5, 0.6) is 11.5 Å². The topological polar surface area (TPSA) is 103 Å². The summed E-state index contributed by atoms with van der Waals surface area (Å²) < 4.78 is 16.4. The van der Waals surface area contributed by atoms with Gasteiger partial charge in [-0.1, -0.05) is 17.8 Å². The van der Waals surface area contributed by atoms with E-state index in [1.54, 1.807) is 37.7 Å². The molecule has 0 saturated carbocycles. The van der Waals surface area contributed by atoms with Crippen LogP contribution in [0.25, 0.3) is 32.1 Å². The molecule has 0 aliphatic carbocycles. The van der Waals surface area contributed by atoms with Crippen LogP contribution in [0.4, 0.5) is 0 Å². The fourth-order valence-electron chi connectivity index (χ4n) is 3.32. The third-order valence-corrected chi connectivity index (χ3v) is 7.67. The molecule has 168 valence electrons. The minimum absolute atomic E-state index is 0.149. The van der Waals surface area contributed by atoms with Crippen LogP contribution in [-0.4, -0.2) is 34.4 Å². The second-order valence-electron chi connectivity index (χ2n) is 6.96. The van der Waals surface area contributed by atoms with Crippen molar-refractivity contribution >= 4 is 44.7 Å². The van der Waals surface area contributed by atoms with Crippen LogP contribution in [0, 0.1) is 0 Å². The summed E-state index contributed by atoms with van der Waals surface area (Å²) in [5, 5.41) is 13.0. The van der Waals surface area contributed by atoms with Crippen LogP contribution in [0.15, 0.2) is 55.5 Å². The van der Waals surface area contributed by atoms with E-state index < -0.39 is 0 Å². The fraction of sp³-hybridized carbons (Fsp3) is 0.182. The van der Waals surface area contributed by atoms with Gasteiger partial charge in [-0.2, -0.15) is 0 Å². The second-order valence-corrected chi connectivity index (χ2v) is 10.1. The first-order valence-electron chi connectivity index (χ1n) is 9.85. The number of benzene rings is 1. The van der Waals surface area contributed by atoms with Gasteiger partial charge in [-0.05, 0) is 36.6 Å². The number of methoxy groups -OCH3 is 2. The van der Waals surface area contributed by atoms with Crippen molar-refractivity contribution < 1.29 is 13.9 Å². The zero-order valence-electron chi connectivity index (χ0n) is 17.8. The van der Waals surface area contributed by atoms with Gasteiger partial charge >= 0.3 is 0 Å². The molecule has 1 atom stereocenters. The Morgan fingerprint density at radius 2 is 1.97 bits per heavy atom. The molecular weight excluding hydrogens is 480 g/mol. The summed E-state index contributed by atoms with van der Waals surface area (Å²) in [5.41, 5.74) is 1.48. The summed E-state index contributed by atoms with van der Waals surface area (Å²) in [6.07, 6.45) is 0. The van der Waals surface area contributed by atoms with E-state index in [9.17, 15) is 4.79 Å². The molecule has 4 heterocycles. The normalized spacial score (nSPS) is 12.2. The minimum Gasteiger partial charge on any atom is -0.493 e. The number of ether oxygens (including phenoxy) is 2. The molecule has 1 N–H and O–H groups in total. The molecule has 5 aromatic rings. The Kier molecular flexibility index (Phi) is 5.92. The molecule has 0 saturated heterocycles. The number of aromatic amines is 1. The molecule has 0 bridgehead atoms. The van der Waals surface area contributed by atoms with Gasteiger partial charge in [0.2, 0.25) is 5.89 Å². The first-order valence-corrected chi connectivity index (χ1v) is 12.5. The smallest absolute Gasteiger partial charge is 0.277 e. The first kappa shape index (κ1) is 21.7. The van der Waals surface area contributed by atoms with E-state index in [0.717, 1.165) is 10.4 Å². The number of hydrogen-bond donors (Lipinski definition) is 1. The average Bonchev–Trinajstić information content (AvgIpc) is 3.59. The lowest BCUT2D eigenvalue weighted by Gasteiger charge is -2.08. The summed E-state index contributed by atoms with van der Waals surface area (Å²) >= 11 is 4.39. The number of fused-ring (bicyclic) bond motifs is 1. The molecule has 0 amide bonds. The summed E-state index contributed by atoms with van der Waals surface area (Å²) in [6.45, 7) is 1.93. The Morgan fingerprint density at radius 1 is 1.12 bits per heavy atom. The van der Waals surface area contributed by atoms with Gasteiger partial charge in [0.1, 0.15) is 10.7 Å². The molecule has 0 spiro atoms. The molecule has 5 rings (SSSR count). The number of hydrogen-bond acceptors (Lipinski definition) is 10. The van der Waals surface area contributed by atoms with Crippen molar-refractivity contribution in [2.24, 2.45) is 0 Å². The van der Waals surface area contributed by atoms with Crippen LogP contribution < -0.4 is 15.0 Å². The SMILES string of the molecule is COc1ccc(-c2nnc(SC(C)c3nc4scc(-c5cccs5)c4c(=O)[nH]3)o2)cc1OC. The predicted octanol–water partition coefficient (Wildman–Crippen LogP) is 5.63. The van der Waals surface area contributed by atoms with Gasteiger partial charge in [0.05, 0.1) is 24.9 Å². The third kappa shape index (κ3) is 4.14. The largest absolute Gasteiger partial charge is 0.493 e. The Balaban J connectivity index is 1.39. The fourth-order valence-corrected chi connectivity index (χ4v) is 5.83.